The van der Waals surface area contributed by atoms with Crippen LogP contribution in [0.4, 0.5) is 0 Å². The van der Waals surface area contributed by atoms with Crippen molar-refractivity contribution in [2.24, 2.45) is 0 Å². The Bertz CT molecular complexity index is 583. The molecule has 0 bridgehead atoms. The third-order valence-corrected chi connectivity index (χ3v) is 3.73. The van der Waals surface area contributed by atoms with E-state index in [0.717, 1.165) is 11.3 Å². The Hall–Kier alpha value is -2.11. The highest BCUT2D eigenvalue weighted by Crippen LogP contribution is 2.23. The molecule has 5 heteroatoms. The number of hydrogen-bond acceptors (Lipinski definition) is 4. The van der Waals surface area contributed by atoms with E-state index in [-0.39, 0.29) is 18.0 Å². The normalized spacial score (nSPS) is 21.4. The maximum absolute atomic E-state index is 12.5. The van der Waals surface area contributed by atoms with Crippen molar-refractivity contribution >= 4 is 5.91 Å². The molecule has 1 aromatic heterocycles. The Morgan fingerprint density at radius 1 is 1.24 bits per heavy atom. The van der Waals surface area contributed by atoms with Crippen molar-refractivity contribution in [2.75, 3.05) is 7.05 Å². The minimum Gasteiger partial charge on any atom is -0.468 e. The highest BCUT2D eigenvalue weighted by atomic mass is 16.3. The predicted molar refractivity (Wildman–Crippen MR) is 79.0 cm³/mol. The predicted octanol–water partition coefficient (Wildman–Crippen LogP) is 1.85. The number of nitrogens with zero attached hydrogens (tertiary/aromatic N) is 1. The molecule has 0 spiro atoms. The summed E-state index contributed by atoms with van der Waals surface area (Å²) in [6.45, 7) is 0.614. The molecule has 2 aromatic rings. The van der Waals surface area contributed by atoms with E-state index in [1.165, 1.54) is 0 Å². The van der Waals surface area contributed by atoms with E-state index in [1.54, 1.807) is 11.2 Å². The van der Waals surface area contributed by atoms with Gasteiger partial charge in [-0.3, -0.25) is 4.79 Å². The fourth-order valence-electron chi connectivity index (χ4n) is 2.60. The Labute approximate surface area is 123 Å². The smallest absolute Gasteiger partial charge is 0.241 e. The van der Waals surface area contributed by atoms with Crippen molar-refractivity contribution in [1.82, 2.24) is 15.8 Å². The van der Waals surface area contributed by atoms with Crippen LogP contribution in [0, 0.1) is 0 Å². The number of carbonyl (C=O) groups is 1. The summed E-state index contributed by atoms with van der Waals surface area (Å²) in [7, 11) is 1.83. The Morgan fingerprint density at radius 2 is 2.05 bits per heavy atom. The van der Waals surface area contributed by atoms with Crippen molar-refractivity contribution in [3.63, 3.8) is 0 Å². The average Bonchev–Trinajstić information content (AvgIpc) is 3.18. The molecule has 21 heavy (non-hydrogen) atoms. The largest absolute Gasteiger partial charge is 0.468 e. The molecule has 2 atom stereocenters. The SMILES string of the molecule is CN(Cc1ccccc1)C(=O)C1CC(c2ccco2)NN1. The standard InChI is InChI=1S/C16H19N3O2/c1-19(11-12-6-3-2-4-7-12)16(20)14-10-13(17-18-14)15-8-5-9-21-15/h2-9,13-14,17-18H,10-11H2,1H3. The molecule has 110 valence electrons. The van der Waals surface area contributed by atoms with E-state index in [1.807, 2.05) is 49.5 Å². The highest BCUT2D eigenvalue weighted by molar-refractivity contribution is 5.82. The molecule has 0 saturated carbocycles. The van der Waals surface area contributed by atoms with Gasteiger partial charge in [0.25, 0.3) is 0 Å². The van der Waals surface area contributed by atoms with E-state index in [2.05, 4.69) is 10.9 Å². The van der Waals surface area contributed by atoms with Gasteiger partial charge in [0.05, 0.1) is 12.3 Å². The van der Waals surface area contributed by atoms with Gasteiger partial charge in [0.2, 0.25) is 5.91 Å². The lowest BCUT2D eigenvalue weighted by Gasteiger charge is -2.20. The number of carbonyl (C=O) groups excluding carboxylic acids is 1. The summed E-state index contributed by atoms with van der Waals surface area (Å²) in [6, 6.07) is 13.6. The van der Waals surface area contributed by atoms with Crippen molar-refractivity contribution in [3.05, 3.63) is 60.1 Å². The summed E-state index contributed by atoms with van der Waals surface area (Å²) in [6.07, 6.45) is 2.33. The second kappa shape index (κ2) is 6.11. The number of hydrogen-bond donors (Lipinski definition) is 2. The van der Waals surface area contributed by atoms with Gasteiger partial charge in [-0.15, -0.1) is 0 Å². The maximum atomic E-state index is 12.5. The van der Waals surface area contributed by atoms with Crippen LogP contribution in [0.25, 0.3) is 0 Å². The van der Waals surface area contributed by atoms with Gasteiger partial charge in [0, 0.05) is 13.6 Å². The van der Waals surface area contributed by atoms with E-state index >= 15 is 0 Å². The third kappa shape index (κ3) is 3.15. The zero-order chi connectivity index (χ0) is 14.7. The van der Waals surface area contributed by atoms with Crippen LogP contribution in [0.3, 0.4) is 0 Å². The molecule has 3 rings (SSSR count). The minimum atomic E-state index is -0.228. The van der Waals surface area contributed by atoms with Gasteiger partial charge in [-0.05, 0) is 24.1 Å². The van der Waals surface area contributed by atoms with Crippen LogP contribution in [0.15, 0.2) is 53.1 Å². The molecule has 1 saturated heterocycles. The number of furan rings is 1. The lowest BCUT2D eigenvalue weighted by Crippen LogP contribution is -2.43. The van der Waals surface area contributed by atoms with Gasteiger partial charge < -0.3 is 9.32 Å². The molecule has 0 radical (unpaired) electrons. The summed E-state index contributed by atoms with van der Waals surface area (Å²) in [5.74, 6) is 0.934. The first-order valence-corrected chi connectivity index (χ1v) is 7.07. The molecule has 1 aliphatic heterocycles. The van der Waals surface area contributed by atoms with Crippen LogP contribution in [0.1, 0.15) is 23.8 Å². The van der Waals surface area contributed by atoms with Crippen molar-refractivity contribution in [1.29, 1.82) is 0 Å². The van der Waals surface area contributed by atoms with Gasteiger partial charge in [0.15, 0.2) is 0 Å². The molecule has 5 nitrogen and oxygen atoms in total. The van der Waals surface area contributed by atoms with Gasteiger partial charge in [0.1, 0.15) is 11.8 Å². The van der Waals surface area contributed by atoms with Gasteiger partial charge in [-0.1, -0.05) is 30.3 Å². The molecule has 2 unspecified atom stereocenters. The molecule has 2 N–H and O–H groups in total. The first kappa shape index (κ1) is 13.9. The summed E-state index contributed by atoms with van der Waals surface area (Å²) in [5.41, 5.74) is 7.30. The molecule has 1 aliphatic rings. The number of rotatable bonds is 4. The zero-order valence-corrected chi connectivity index (χ0v) is 12.0. The highest BCUT2D eigenvalue weighted by Gasteiger charge is 2.33. The molecule has 1 amide bonds. The van der Waals surface area contributed by atoms with Crippen LogP contribution in [-0.2, 0) is 11.3 Å². The second-order valence-corrected chi connectivity index (χ2v) is 5.32. The van der Waals surface area contributed by atoms with Crippen molar-refractivity contribution in [2.45, 2.75) is 25.0 Å². The Balaban J connectivity index is 1.58. The molecule has 2 heterocycles. The van der Waals surface area contributed by atoms with Crippen LogP contribution in [0.5, 0.6) is 0 Å². The first-order valence-electron chi connectivity index (χ1n) is 7.07. The lowest BCUT2D eigenvalue weighted by molar-refractivity contribution is -0.132. The maximum Gasteiger partial charge on any atom is 0.241 e. The van der Waals surface area contributed by atoms with Gasteiger partial charge in [-0.25, -0.2) is 10.9 Å². The van der Waals surface area contributed by atoms with Gasteiger partial charge in [-0.2, -0.15) is 0 Å². The molecular formula is C16H19N3O2. The molecule has 1 aromatic carbocycles. The van der Waals surface area contributed by atoms with Crippen LogP contribution < -0.4 is 10.9 Å². The van der Waals surface area contributed by atoms with E-state index in [0.29, 0.717) is 13.0 Å². The van der Waals surface area contributed by atoms with Crippen molar-refractivity contribution in [3.8, 4) is 0 Å². The fourth-order valence-corrected chi connectivity index (χ4v) is 2.60. The number of benzene rings is 1. The summed E-state index contributed by atoms with van der Waals surface area (Å²) in [4.78, 5) is 14.2. The summed E-state index contributed by atoms with van der Waals surface area (Å²) >= 11 is 0. The third-order valence-electron chi connectivity index (χ3n) is 3.73. The van der Waals surface area contributed by atoms with Crippen LogP contribution in [-0.4, -0.2) is 23.9 Å². The van der Waals surface area contributed by atoms with Gasteiger partial charge >= 0.3 is 0 Å². The summed E-state index contributed by atoms with van der Waals surface area (Å²) < 4.78 is 5.37. The van der Waals surface area contributed by atoms with Crippen molar-refractivity contribution < 1.29 is 9.21 Å². The lowest BCUT2D eigenvalue weighted by atomic mass is 10.1. The first-order chi connectivity index (χ1) is 10.2. The van der Waals surface area contributed by atoms with E-state index in [4.69, 9.17) is 4.42 Å². The number of likely N-dealkylation sites (N-methyl/N-ethyl adjacent to an activating group) is 1. The van der Waals surface area contributed by atoms with Crippen LogP contribution in [0.2, 0.25) is 0 Å². The Morgan fingerprint density at radius 3 is 2.76 bits per heavy atom. The average molecular weight is 285 g/mol. The molecular weight excluding hydrogens is 266 g/mol. The number of amides is 1. The van der Waals surface area contributed by atoms with E-state index < -0.39 is 0 Å². The quantitative estimate of drug-likeness (QED) is 0.900. The topological polar surface area (TPSA) is 57.5 Å². The van der Waals surface area contributed by atoms with Crippen LogP contribution >= 0.6 is 0 Å². The summed E-state index contributed by atoms with van der Waals surface area (Å²) in [5, 5.41) is 0. The monoisotopic (exact) mass is 285 g/mol. The molecule has 1 fully saturated rings. The number of nitrogens with one attached hydrogen (secondary N) is 2. The van der Waals surface area contributed by atoms with E-state index in [9.17, 15) is 4.79 Å². The fraction of sp³-hybridized carbons (Fsp3) is 0.312. The number of hydrazine groups is 1. The Kier molecular flexibility index (Phi) is 4.03. The second-order valence-electron chi connectivity index (χ2n) is 5.32. The zero-order valence-electron chi connectivity index (χ0n) is 12.0. The molecule has 0 aliphatic carbocycles. The minimum absolute atomic E-state index is 0.0408.